The summed E-state index contributed by atoms with van der Waals surface area (Å²) in [6.45, 7) is 2.10. The predicted molar refractivity (Wildman–Crippen MR) is 124 cm³/mol. The molecule has 32 heavy (non-hydrogen) atoms. The maximum atomic E-state index is 13.0. The summed E-state index contributed by atoms with van der Waals surface area (Å²) in [6.07, 6.45) is 0. The van der Waals surface area contributed by atoms with Crippen LogP contribution in [0, 0.1) is 0 Å². The van der Waals surface area contributed by atoms with Gasteiger partial charge in [-0.1, -0.05) is 72.3 Å². The van der Waals surface area contributed by atoms with Crippen molar-refractivity contribution in [2.75, 3.05) is 20.3 Å². The average Bonchev–Trinajstić information content (AvgIpc) is 2.82. The minimum Gasteiger partial charge on any atom is -0.493 e. The summed E-state index contributed by atoms with van der Waals surface area (Å²) in [5, 5.41) is 3.16. The number of carbonyl (C=O) groups is 2. The van der Waals surface area contributed by atoms with Crippen LogP contribution < -0.4 is 20.5 Å². The van der Waals surface area contributed by atoms with Crippen molar-refractivity contribution in [2.24, 2.45) is 5.73 Å². The highest BCUT2D eigenvalue weighted by atomic mass is 35.5. The normalized spacial score (nSPS) is 11.0. The zero-order valence-corrected chi connectivity index (χ0v) is 18.7. The zero-order valence-electron chi connectivity index (χ0n) is 17.9. The summed E-state index contributed by atoms with van der Waals surface area (Å²) in [5.41, 5.74) is 7.15. The van der Waals surface area contributed by atoms with Gasteiger partial charge in [0.2, 0.25) is 0 Å². The molecule has 0 saturated heterocycles. The van der Waals surface area contributed by atoms with Crippen LogP contribution in [-0.2, 0) is 10.2 Å². The molecule has 0 radical (unpaired) electrons. The molecule has 0 bridgehead atoms. The molecule has 0 aliphatic carbocycles. The molecule has 2 amide bonds. The molecule has 3 N–H and O–H groups in total. The van der Waals surface area contributed by atoms with Crippen LogP contribution >= 0.6 is 11.6 Å². The third-order valence-corrected chi connectivity index (χ3v) is 5.56. The molecule has 0 aromatic heterocycles. The van der Waals surface area contributed by atoms with E-state index in [4.69, 9.17) is 26.8 Å². The number of primary amides is 1. The maximum Gasteiger partial charge on any atom is 0.255 e. The Hall–Kier alpha value is -3.51. The van der Waals surface area contributed by atoms with E-state index in [0.717, 1.165) is 11.1 Å². The maximum absolute atomic E-state index is 13.0. The molecule has 0 spiro atoms. The lowest BCUT2D eigenvalue weighted by molar-refractivity contribution is -0.119. The van der Waals surface area contributed by atoms with Crippen LogP contribution in [0.4, 0.5) is 0 Å². The van der Waals surface area contributed by atoms with Gasteiger partial charge in [-0.15, -0.1) is 0 Å². The monoisotopic (exact) mass is 452 g/mol. The van der Waals surface area contributed by atoms with Crippen molar-refractivity contribution >= 4 is 23.4 Å². The molecule has 0 heterocycles. The zero-order chi connectivity index (χ0) is 23.1. The van der Waals surface area contributed by atoms with Crippen LogP contribution in [-0.4, -0.2) is 32.1 Å². The molecular weight excluding hydrogens is 428 g/mol. The minimum atomic E-state index is -0.647. The first-order chi connectivity index (χ1) is 15.3. The number of hydrogen-bond acceptors (Lipinski definition) is 4. The number of nitrogens with one attached hydrogen (secondary N) is 1. The smallest absolute Gasteiger partial charge is 0.255 e. The molecule has 0 unspecified atom stereocenters. The number of benzene rings is 3. The number of hydrogen-bond donors (Lipinski definition) is 2. The number of methoxy groups -OCH3 is 1. The first kappa shape index (κ1) is 23.2. The number of nitrogens with two attached hydrogens (primary N) is 1. The van der Waals surface area contributed by atoms with E-state index < -0.39 is 11.3 Å². The molecule has 0 saturated carbocycles. The van der Waals surface area contributed by atoms with Crippen molar-refractivity contribution in [3.63, 3.8) is 0 Å². The number of halogens is 1. The van der Waals surface area contributed by atoms with Gasteiger partial charge in [-0.05, 0) is 30.2 Å². The van der Waals surface area contributed by atoms with Gasteiger partial charge >= 0.3 is 0 Å². The minimum absolute atomic E-state index is 0.143. The summed E-state index contributed by atoms with van der Waals surface area (Å²) in [4.78, 5) is 24.0. The fraction of sp³-hybridized carbons (Fsp3) is 0.200. The second-order valence-electron chi connectivity index (χ2n) is 7.49. The third kappa shape index (κ3) is 5.21. The van der Waals surface area contributed by atoms with Gasteiger partial charge in [0.1, 0.15) is 0 Å². The fourth-order valence-corrected chi connectivity index (χ4v) is 3.74. The van der Waals surface area contributed by atoms with Crippen LogP contribution in [0.5, 0.6) is 11.5 Å². The Bertz CT molecular complexity index is 1050. The molecule has 7 heteroatoms. The van der Waals surface area contributed by atoms with Crippen LogP contribution in [0.1, 0.15) is 28.4 Å². The Kier molecular flexibility index (Phi) is 7.38. The predicted octanol–water partition coefficient (Wildman–Crippen LogP) is 3.95. The first-order valence-electron chi connectivity index (χ1n) is 10.0. The summed E-state index contributed by atoms with van der Waals surface area (Å²) in [5.74, 6) is -0.573. The van der Waals surface area contributed by atoms with Gasteiger partial charge in [-0.3, -0.25) is 9.59 Å². The quantitative estimate of drug-likeness (QED) is 0.514. The molecule has 3 aromatic carbocycles. The fourth-order valence-electron chi connectivity index (χ4n) is 3.48. The average molecular weight is 453 g/mol. The summed E-state index contributed by atoms with van der Waals surface area (Å²) in [6, 6.07) is 23.0. The van der Waals surface area contributed by atoms with Gasteiger partial charge in [-0.25, -0.2) is 0 Å². The Morgan fingerprint density at radius 3 is 2.06 bits per heavy atom. The molecule has 0 fully saturated rings. The molecule has 6 nitrogen and oxygen atoms in total. The van der Waals surface area contributed by atoms with Gasteiger partial charge < -0.3 is 20.5 Å². The van der Waals surface area contributed by atoms with Gasteiger partial charge in [0.25, 0.3) is 11.8 Å². The van der Waals surface area contributed by atoms with Crippen LogP contribution in [0.25, 0.3) is 0 Å². The topological polar surface area (TPSA) is 90.7 Å². The van der Waals surface area contributed by atoms with Gasteiger partial charge in [-0.2, -0.15) is 0 Å². The Morgan fingerprint density at radius 2 is 1.56 bits per heavy atom. The van der Waals surface area contributed by atoms with E-state index in [1.165, 1.54) is 19.2 Å². The molecule has 3 rings (SSSR count). The number of carbonyl (C=O) groups excluding carboxylic acids is 2. The lowest BCUT2D eigenvalue weighted by Crippen LogP contribution is -2.39. The Labute approximate surface area is 192 Å². The highest BCUT2D eigenvalue weighted by Crippen LogP contribution is 2.37. The number of amides is 2. The lowest BCUT2D eigenvalue weighted by Gasteiger charge is -2.31. The van der Waals surface area contributed by atoms with Gasteiger partial charge in [0, 0.05) is 17.5 Å². The van der Waals surface area contributed by atoms with E-state index in [-0.39, 0.29) is 29.0 Å². The highest BCUT2D eigenvalue weighted by molar-refractivity contribution is 6.32. The number of rotatable bonds is 9. The van der Waals surface area contributed by atoms with Gasteiger partial charge in [0.05, 0.1) is 12.1 Å². The van der Waals surface area contributed by atoms with Crippen molar-refractivity contribution in [3.05, 3.63) is 94.5 Å². The van der Waals surface area contributed by atoms with Crippen molar-refractivity contribution in [1.82, 2.24) is 5.32 Å². The second kappa shape index (κ2) is 10.2. The summed E-state index contributed by atoms with van der Waals surface area (Å²) >= 11 is 6.29. The van der Waals surface area contributed by atoms with E-state index in [9.17, 15) is 9.59 Å². The van der Waals surface area contributed by atoms with E-state index in [1.54, 1.807) is 0 Å². The summed E-state index contributed by atoms with van der Waals surface area (Å²) < 4.78 is 10.6. The van der Waals surface area contributed by atoms with E-state index in [1.807, 2.05) is 60.7 Å². The van der Waals surface area contributed by atoms with Crippen molar-refractivity contribution in [2.45, 2.75) is 12.3 Å². The van der Waals surface area contributed by atoms with Crippen molar-refractivity contribution in [1.29, 1.82) is 0 Å². The van der Waals surface area contributed by atoms with E-state index >= 15 is 0 Å². The standard InChI is InChI=1S/C25H25ClN2O4/c1-25(18-9-5-3-6-10-18,19-11-7-4-8-12-19)16-28-24(30)17-13-20(26)23(21(14-17)31-2)32-15-22(27)29/h3-14H,15-16H2,1-2H3,(H2,27,29)(H,28,30). The van der Waals surface area contributed by atoms with Crippen molar-refractivity contribution in [3.8, 4) is 11.5 Å². The van der Waals surface area contributed by atoms with Gasteiger partial charge in [0.15, 0.2) is 18.1 Å². The lowest BCUT2D eigenvalue weighted by atomic mass is 9.76. The SMILES string of the molecule is COc1cc(C(=O)NCC(C)(c2ccccc2)c2ccccc2)cc(Cl)c1OCC(N)=O. The number of ether oxygens (including phenoxy) is 2. The molecule has 0 atom stereocenters. The highest BCUT2D eigenvalue weighted by Gasteiger charge is 2.29. The third-order valence-electron chi connectivity index (χ3n) is 5.27. The van der Waals surface area contributed by atoms with E-state index in [0.29, 0.717) is 12.1 Å². The Balaban J connectivity index is 1.85. The first-order valence-corrected chi connectivity index (χ1v) is 10.4. The van der Waals surface area contributed by atoms with Crippen molar-refractivity contribution < 1.29 is 19.1 Å². The molecule has 3 aromatic rings. The van der Waals surface area contributed by atoms with Crippen LogP contribution in [0.15, 0.2) is 72.8 Å². The Morgan fingerprint density at radius 1 is 1.00 bits per heavy atom. The largest absolute Gasteiger partial charge is 0.493 e. The second-order valence-corrected chi connectivity index (χ2v) is 7.90. The molecule has 0 aliphatic rings. The summed E-state index contributed by atoms with van der Waals surface area (Å²) in [7, 11) is 1.42. The van der Waals surface area contributed by atoms with Crippen LogP contribution in [0.2, 0.25) is 5.02 Å². The molecular formula is C25H25ClN2O4. The molecule has 0 aliphatic heterocycles. The molecule has 166 valence electrons. The van der Waals surface area contributed by atoms with E-state index in [2.05, 4.69) is 12.2 Å². The van der Waals surface area contributed by atoms with Crippen LogP contribution in [0.3, 0.4) is 0 Å².